The van der Waals surface area contributed by atoms with Crippen molar-refractivity contribution in [1.29, 1.82) is 0 Å². The summed E-state index contributed by atoms with van der Waals surface area (Å²) in [5.41, 5.74) is 4.07. The van der Waals surface area contributed by atoms with Gasteiger partial charge in [0.1, 0.15) is 5.56 Å². The van der Waals surface area contributed by atoms with Crippen LogP contribution in [0.25, 0.3) is 33.8 Å². The molecular formula is C30H26F3N3O3. The summed E-state index contributed by atoms with van der Waals surface area (Å²) >= 11 is 0. The number of carbonyl (C=O) groups is 1. The third-order valence-corrected chi connectivity index (χ3v) is 6.93. The Kier molecular flexibility index (Phi) is 7.10. The number of aromatic carboxylic acids is 1. The van der Waals surface area contributed by atoms with E-state index in [2.05, 4.69) is 28.3 Å². The summed E-state index contributed by atoms with van der Waals surface area (Å²) < 4.78 is 47.4. The lowest BCUT2D eigenvalue weighted by atomic mass is 9.90. The van der Waals surface area contributed by atoms with Crippen molar-refractivity contribution >= 4 is 11.5 Å². The number of carboxylic acids is 1. The normalized spacial score (nSPS) is 15.7. The van der Waals surface area contributed by atoms with E-state index in [4.69, 9.17) is 4.74 Å². The van der Waals surface area contributed by atoms with E-state index in [1.807, 2.05) is 37.3 Å². The fourth-order valence-electron chi connectivity index (χ4n) is 4.91. The van der Waals surface area contributed by atoms with E-state index in [1.54, 1.807) is 19.2 Å². The molecule has 39 heavy (non-hydrogen) atoms. The number of alkyl halides is 3. The lowest BCUT2D eigenvalue weighted by Crippen LogP contribution is -2.18. The lowest BCUT2D eigenvalue weighted by Gasteiger charge is -2.21. The van der Waals surface area contributed by atoms with Crippen molar-refractivity contribution in [2.75, 3.05) is 7.11 Å². The third kappa shape index (κ3) is 5.35. The van der Waals surface area contributed by atoms with Crippen molar-refractivity contribution in [2.45, 2.75) is 38.5 Å². The van der Waals surface area contributed by atoms with E-state index < -0.39 is 23.4 Å². The van der Waals surface area contributed by atoms with E-state index in [0.29, 0.717) is 16.6 Å². The van der Waals surface area contributed by atoms with E-state index >= 15 is 0 Å². The molecule has 9 heteroatoms. The molecule has 2 aromatic heterocycles. The van der Waals surface area contributed by atoms with Crippen LogP contribution >= 0.6 is 0 Å². The van der Waals surface area contributed by atoms with Crippen molar-refractivity contribution < 1.29 is 27.8 Å². The monoisotopic (exact) mass is 533 g/mol. The van der Waals surface area contributed by atoms with Crippen molar-refractivity contribution in [3.63, 3.8) is 0 Å². The summed E-state index contributed by atoms with van der Waals surface area (Å²) in [6, 6.07) is 18.8. The number of benzene rings is 2. The molecule has 6 nitrogen and oxygen atoms in total. The van der Waals surface area contributed by atoms with Crippen molar-refractivity contribution in [3.8, 4) is 28.2 Å². The van der Waals surface area contributed by atoms with Crippen LogP contribution in [-0.2, 0) is 10.9 Å². The smallest absolute Gasteiger partial charge is 0.434 e. The minimum Gasteiger partial charge on any atom is -0.478 e. The first-order chi connectivity index (χ1) is 18.7. The molecule has 5 rings (SSSR count). The first-order valence-corrected chi connectivity index (χ1v) is 12.5. The van der Waals surface area contributed by atoms with E-state index in [1.165, 1.54) is 11.6 Å². The maximum absolute atomic E-state index is 13.8. The van der Waals surface area contributed by atoms with Gasteiger partial charge in [0, 0.05) is 12.7 Å². The predicted molar refractivity (Wildman–Crippen MR) is 142 cm³/mol. The minimum absolute atomic E-state index is 0.131. The van der Waals surface area contributed by atoms with Crippen LogP contribution in [0.1, 0.15) is 46.4 Å². The van der Waals surface area contributed by atoms with Crippen LogP contribution in [0.15, 0.2) is 72.9 Å². The van der Waals surface area contributed by atoms with E-state index in [0.717, 1.165) is 47.1 Å². The predicted octanol–water partition coefficient (Wildman–Crippen LogP) is 7.21. The second-order valence-electron chi connectivity index (χ2n) is 9.49. The Balaban J connectivity index is 1.54. The molecule has 2 aromatic carbocycles. The summed E-state index contributed by atoms with van der Waals surface area (Å²) in [5.74, 6) is -1.84. The molecule has 0 fully saturated rings. The minimum atomic E-state index is -4.93. The molecule has 1 aliphatic carbocycles. The number of nitrogens with zero attached hydrogens (tertiary/aromatic N) is 3. The maximum Gasteiger partial charge on any atom is 0.434 e. The molecule has 0 saturated heterocycles. The molecule has 1 N–H and O–H groups in total. The molecule has 1 atom stereocenters. The lowest BCUT2D eigenvalue weighted by molar-refractivity contribution is -0.143. The number of carboxylic acid groups (broad SMARTS) is 1. The van der Waals surface area contributed by atoms with Gasteiger partial charge in [0.15, 0.2) is 11.5 Å². The van der Waals surface area contributed by atoms with Crippen LogP contribution < -0.4 is 0 Å². The molecule has 4 aromatic rings. The fourth-order valence-corrected chi connectivity index (χ4v) is 4.91. The molecule has 0 aliphatic heterocycles. The van der Waals surface area contributed by atoms with Gasteiger partial charge in [-0.05, 0) is 66.6 Å². The number of ether oxygens (including phenoxy) is 1. The zero-order valence-electron chi connectivity index (χ0n) is 21.4. The number of methoxy groups -OCH3 is 1. The summed E-state index contributed by atoms with van der Waals surface area (Å²) in [6.07, 6.45) is 1.05. The zero-order chi connectivity index (χ0) is 27.7. The Morgan fingerprint density at radius 1 is 1.05 bits per heavy atom. The third-order valence-electron chi connectivity index (χ3n) is 6.93. The number of rotatable bonds is 6. The number of pyridine rings is 1. The Morgan fingerprint density at radius 3 is 2.44 bits per heavy atom. The summed E-state index contributed by atoms with van der Waals surface area (Å²) in [7, 11) is 1.74. The van der Waals surface area contributed by atoms with Gasteiger partial charge in [-0.15, -0.1) is 0 Å². The second kappa shape index (κ2) is 10.5. The van der Waals surface area contributed by atoms with Gasteiger partial charge in [-0.1, -0.05) is 54.1 Å². The van der Waals surface area contributed by atoms with Crippen LogP contribution in [0, 0.1) is 6.92 Å². The van der Waals surface area contributed by atoms with Gasteiger partial charge in [0.25, 0.3) is 0 Å². The molecule has 200 valence electrons. The number of halogens is 3. The van der Waals surface area contributed by atoms with Gasteiger partial charge >= 0.3 is 12.1 Å². The average Bonchev–Trinajstić information content (AvgIpc) is 3.40. The highest BCUT2D eigenvalue weighted by molar-refractivity contribution is 5.89. The molecule has 0 saturated carbocycles. The van der Waals surface area contributed by atoms with Crippen LogP contribution in [0.5, 0.6) is 0 Å². The van der Waals surface area contributed by atoms with Gasteiger partial charge in [-0.3, -0.25) is 0 Å². The number of hydrogen-bond acceptors (Lipinski definition) is 4. The number of allylic oxidation sites excluding steroid dienone is 1. The number of aromatic nitrogens is 3. The summed E-state index contributed by atoms with van der Waals surface area (Å²) in [6.45, 7) is 1.93. The number of aryl methyl sites for hydroxylation is 1. The summed E-state index contributed by atoms with van der Waals surface area (Å²) in [4.78, 5) is 15.9. The highest BCUT2D eigenvalue weighted by atomic mass is 19.4. The van der Waals surface area contributed by atoms with Crippen molar-refractivity contribution in [2.24, 2.45) is 0 Å². The van der Waals surface area contributed by atoms with Crippen molar-refractivity contribution in [3.05, 3.63) is 95.3 Å². The Hall–Kier alpha value is -4.24. The quantitative estimate of drug-likeness (QED) is 0.283. The van der Waals surface area contributed by atoms with Gasteiger partial charge < -0.3 is 9.84 Å². The topological polar surface area (TPSA) is 77.2 Å². The zero-order valence-corrected chi connectivity index (χ0v) is 21.4. The highest BCUT2D eigenvalue weighted by Gasteiger charge is 2.41. The molecular weight excluding hydrogens is 507 g/mol. The van der Waals surface area contributed by atoms with Crippen LogP contribution in [0.2, 0.25) is 0 Å². The first kappa shape index (κ1) is 26.4. The second-order valence-corrected chi connectivity index (χ2v) is 9.49. The van der Waals surface area contributed by atoms with Crippen LogP contribution in [0.3, 0.4) is 0 Å². The standard InChI is InChI=1S/C30H26F3N3O3/c1-18-6-15-23(21-9-7-19(8-10-21)20-11-13-22(39-2)14-12-20)24(16-18)26-4-3-5-27(35-26)36-28(30(31,32)33)25(17-34-36)29(37)38/h3-11,15-17,22H,12-14H2,1-2H3,(H,37,38). The van der Waals surface area contributed by atoms with E-state index in [9.17, 15) is 23.1 Å². The Labute approximate surface area is 223 Å². The maximum atomic E-state index is 13.8. The first-order valence-electron chi connectivity index (χ1n) is 12.5. The summed E-state index contributed by atoms with van der Waals surface area (Å²) in [5, 5.41) is 13.0. The Morgan fingerprint density at radius 2 is 1.79 bits per heavy atom. The molecule has 0 bridgehead atoms. The molecule has 1 unspecified atom stereocenters. The van der Waals surface area contributed by atoms with Crippen molar-refractivity contribution in [1.82, 2.24) is 14.8 Å². The average molecular weight is 534 g/mol. The van der Waals surface area contributed by atoms with Crippen LogP contribution in [0.4, 0.5) is 13.2 Å². The van der Waals surface area contributed by atoms with Crippen LogP contribution in [-0.4, -0.2) is 39.1 Å². The highest BCUT2D eigenvalue weighted by Crippen LogP contribution is 2.36. The molecule has 0 spiro atoms. The van der Waals surface area contributed by atoms with Gasteiger partial charge in [-0.25, -0.2) is 14.5 Å². The fraction of sp³-hybridized carbons (Fsp3) is 0.233. The SMILES string of the molecule is COC1CC=C(c2ccc(-c3ccc(C)cc3-c3cccc(-n4ncc(C(=O)O)c4C(F)(F)F)n3)cc2)CC1. The Bertz CT molecular complexity index is 1560. The number of hydrogen-bond donors (Lipinski definition) is 1. The largest absolute Gasteiger partial charge is 0.478 e. The molecule has 0 radical (unpaired) electrons. The van der Waals surface area contributed by atoms with Gasteiger partial charge in [0.05, 0.1) is 18.0 Å². The van der Waals surface area contributed by atoms with E-state index in [-0.39, 0.29) is 11.9 Å². The molecule has 0 amide bonds. The van der Waals surface area contributed by atoms with Gasteiger partial charge in [-0.2, -0.15) is 18.3 Å². The van der Waals surface area contributed by atoms with Gasteiger partial charge in [0.2, 0.25) is 0 Å². The molecule has 1 aliphatic rings. The molecule has 2 heterocycles.